The van der Waals surface area contributed by atoms with Crippen LogP contribution in [-0.4, -0.2) is 49.8 Å². The van der Waals surface area contributed by atoms with Gasteiger partial charge in [0, 0.05) is 36.3 Å². The van der Waals surface area contributed by atoms with Crippen molar-refractivity contribution in [2.75, 3.05) is 44.6 Å². The van der Waals surface area contributed by atoms with Gasteiger partial charge in [-0.25, -0.2) is 0 Å². The molecule has 4 nitrogen and oxygen atoms in total. The van der Waals surface area contributed by atoms with E-state index in [1.807, 2.05) is 29.4 Å². The monoisotopic (exact) mass is 300 g/mol. The summed E-state index contributed by atoms with van der Waals surface area (Å²) in [6.45, 7) is 1.87. The Kier molecular flexibility index (Phi) is 7.15. The molecule has 0 spiro atoms. The molecular formula is C13H20N2O2S2. The molecule has 1 rings (SSSR count). The van der Waals surface area contributed by atoms with Crippen LogP contribution in [0.3, 0.4) is 0 Å². The van der Waals surface area contributed by atoms with E-state index in [1.54, 1.807) is 18.9 Å². The number of methoxy groups -OCH3 is 1. The number of anilines is 1. The number of benzene rings is 1. The molecular weight excluding hydrogens is 280 g/mol. The van der Waals surface area contributed by atoms with Gasteiger partial charge in [0.15, 0.2) is 0 Å². The summed E-state index contributed by atoms with van der Waals surface area (Å²) in [4.78, 5) is 3.46. The SMILES string of the molecule is COCCN(CCO)c1cccc(SC)c1C(N)=S. The number of nitrogens with zero attached hydrogens (tertiary/aromatic N) is 1. The summed E-state index contributed by atoms with van der Waals surface area (Å²) in [5, 5.41) is 9.20. The van der Waals surface area contributed by atoms with Gasteiger partial charge in [0.25, 0.3) is 0 Å². The standard InChI is InChI=1S/C13H20N2O2S2/c1-17-9-7-15(6-8-16)10-4-3-5-11(19-2)12(10)13(14)18/h3-5,16H,6-9H2,1-2H3,(H2,14,18). The number of thioether (sulfide) groups is 1. The zero-order valence-corrected chi connectivity index (χ0v) is 12.9. The fourth-order valence-electron chi connectivity index (χ4n) is 1.88. The first-order valence-corrected chi connectivity index (χ1v) is 7.60. The second-order valence-electron chi connectivity index (χ2n) is 3.92. The third-order valence-electron chi connectivity index (χ3n) is 2.75. The largest absolute Gasteiger partial charge is 0.395 e. The Morgan fingerprint density at radius 1 is 1.47 bits per heavy atom. The number of aliphatic hydroxyl groups is 1. The molecule has 1 aromatic carbocycles. The summed E-state index contributed by atoms with van der Waals surface area (Å²) in [7, 11) is 1.66. The molecule has 0 fully saturated rings. The van der Waals surface area contributed by atoms with Crippen LogP contribution in [-0.2, 0) is 4.74 Å². The van der Waals surface area contributed by atoms with E-state index in [9.17, 15) is 5.11 Å². The van der Waals surface area contributed by atoms with Gasteiger partial charge < -0.3 is 20.5 Å². The number of ether oxygens (including phenoxy) is 1. The van der Waals surface area contributed by atoms with E-state index in [4.69, 9.17) is 22.7 Å². The predicted octanol–water partition coefficient (Wildman–Crippen LogP) is 1.49. The normalized spacial score (nSPS) is 10.5. The van der Waals surface area contributed by atoms with Crippen LogP contribution in [0.25, 0.3) is 0 Å². The van der Waals surface area contributed by atoms with Gasteiger partial charge in [0.2, 0.25) is 0 Å². The Labute approximate surface area is 123 Å². The van der Waals surface area contributed by atoms with Gasteiger partial charge in [0.05, 0.1) is 13.2 Å². The fourth-order valence-corrected chi connectivity index (χ4v) is 2.79. The van der Waals surface area contributed by atoms with Crippen molar-refractivity contribution >= 4 is 34.7 Å². The van der Waals surface area contributed by atoms with Crippen molar-refractivity contribution in [3.8, 4) is 0 Å². The van der Waals surface area contributed by atoms with Crippen LogP contribution in [0.15, 0.2) is 23.1 Å². The first-order valence-electron chi connectivity index (χ1n) is 5.97. The van der Waals surface area contributed by atoms with Gasteiger partial charge in [-0.05, 0) is 18.4 Å². The van der Waals surface area contributed by atoms with Crippen LogP contribution < -0.4 is 10.6 Å². The number of hydrogen-bond donors (Lipinski definition) is 2. The van der Waals surface area contributed by atoms with Crippen molar-refractivity contribution in [2.24, 2.45) is 5.73 Å². The lowest BCUT2D eigenvalue weighted by atomic mass is 10.1. The highest BCUT2D eigenvalue weighted by Gasteiger charge is 2.15. The highest BCUT2D eigenvalue weighted by atomic mass is 32.2. The van der Waals surface area contributed by atoms with Crippen LogP contribution in [0.4, 0.5) is 5.69 Å². The molecule has 0 saturated heterocycles. The molecule has 0 aliphatic carbocycles. The summed E-state index contributed by atoms with van der Waals surface area (Å²) in [5.74, 6) is 0. The van der Waals surface area contributed by atoms with Gasteiger partial charge in [0.1, 0.15) is 4.99 Å². The van der Waals surface area contributed by atoms with Gasteiger partial charge >= 0.3 is 0 Å². The Hall–Kier alpha value is -0.820. The summed E-state index contributed by atoms with van der Waals surface area (Å²) in [5.41, 5.74) is 7.67. The molecule has 0 radical (unpaired) electrons. The van der Waals surface area contributed by atoms with Gasteiger partial charge in [-0.2, -0.15) is 0 Å². The molecule has 19 heavy (non-hydrogen) atoms. The Bertz CT molecular complexity index is 427. The van der Waals surface area contributed by atoms with Crippen molar-refractivity contribution in [3.63, 3.8) is 0 Å². The lowest BCUT2D eigenvalue weighted by Gasteiger charge is -2.27. The Morgan fingerprint density at radius 2 is 2.21 bits per heavy atom. The number of rotatable bonds is 8. The highest BCUT2D eigenvalue weighted by Crippen LogP contribution is 2.29. The van der Waals surface area contributed by atoms with Crippen LogP contribution >= 0.6 is 24.0 Å². The molecule has 0 aliphatic heterocycles. The molecule has 0 bridgehead atoms. The van der Waals surface area contributed by atoms with Crippen molar-refractivity contribution in [3.05, 3.63) is 23.8 Å². The van der Waals surface area contributed by atoms with E-state index in [0.29, 0.717) is 24.7 Å². The Balaban J connectivity index is 3.16. The fraction of sp³-hybridized carbons (Fsp3) is 0.462. The van der Waals surface area contributed by atoms with Gasteiger partial charge in [-0.15, -0.1) is 11.8 Å². The predicted molar refractivity (Wildman–Crippen MR) is 85.3 cm³/mol. The molecule has 0 atom stereocenters. The lowest BCUT2D eigenvalue weighted by Crippen LogP contribution is -2.32. The third-order valence-corrected chi connectivity index (χ3v) is 3.73. The van der Waals surface area contributed by atoms with E-state index < -0.39 is 0 Å². The third kappa shape index (κ3) is 4.35. The summed E-state index contributed by atoms with van der Waals surface area (Å²) >= 11 is 6.77. The van der Waals surface area contributed by atoms with Gasteiger partial charge in [-0.3, -0.25) is 0 Å². The van der Waals surface area contributed by atoms with Crippen LogP contribution in [0.1, 0.15) is 5.56 Å². The second kappa shape index (κ2) is 8.37. The van der Waals surface area contributed by atoms with Crippen LogP contribution in [0, 0.1) is 0 Å². The summed E-state index contributed by atoms with van der Waals surface area (Å²) in [6, 6.07) is 5.94. The molecule has 0 aromatic heterocycles. The zero-order valence-electron chi connectivity index (χ0n) is 11.3. The van der Waals surface area contributed by atoms with Crippen LogP contribution in [0.5, 0.6) is 0 Å². The summed E-state index contributed by atoms with van der Waals surface area (Å²) in [6.07, 6.45) is 1.99. The second-order valence-corrected chi connectivity index (χ2v) is 5.21. The van der Waals surface area contributed by atoms with E-state index in [0.717, 1.165) is 16.1 Å². The number of thiocarbonyl (C=S) groups is 1. The van der Waals surface area contributed by atoms with E-state index in [1.165, 1.54) is 0 Å². The average molecular weight is 300 g/mol. The molecule has 3 N–H and O–H groups in total. The van der Waals surface area contributed by atoms with Crippen molar-refractivity contribution in [1.29, 1.82) is 0 Å². The molecule has 0 amide bonds. The maximum absolute atomic E-state index is 9.20. The topological polar surface area (TPSA) is 58.7 Å². The smallest absolute Gasteiger partial charge is 0.107 e. The lowest BCUT2D eigenvalue weighted by molar-refractivity contribution is 0.203. The van der Waals surface area contributed by atoms with Crippen molar-refractivity contribution in [1.82, 2.24) is 0 Å². The number of hydrogen-bond acceptors (Lipinski definition) is 5. The molecule has 0 unspecified atom stereocenters. The highest BCUT2D eigenvalue weighted by molar-refractivity contribution is 7.98. The maximum atomic E-state index is 9.20. The zero-order chi connectivity index (χ0) is 14.3. The maximum Gasteiger partial charge on any atom is 0.107 e. The molecule has 0 heterocycles. The van der Waals surface area contributed by atoms with E-state index in [-0.39, 0.29) is 6.61 Å². The molecule has 6 heteroatoms. The quantitative estimate of drug-likeness (QED) is 0.560. The minimum Gasteiger partial charge on any atom is -0.395 e. The van der Waals surface area contributed by atoms with E-state index in [2.05, 4.69) is 0 Å². The molecule has 1 aromatic rings. The van der Waals surface area contributed by atoms with Gasteiger partial charge in [-0.1, -0.05) is 18.3 Å². The number of aliphatic hydroxyl groups excluding tert-OH is 1. The minimum absolute atomic E-state index is 0.0734. The first-order chi connectivity index (χ1) is 9.15. The molecule has 0 saturated carbocycles. The average Bonchev–Trinajstić information content (AvgIpc) is 2.42. The van der Waals surface area contributed by atoms with Crippen LogP contribution in [0.2, 0.25) is 0 Å². The van der Waals surface area contributed by atoms with E-state index >= 15 is 0 Å². The van der Waals surface area contributed by atoms with Crippen molar-refractivity contribution < 1.29 is 9.84 Å². The Morgan fingerprint density at radius 3 is 2.74 bits per heavy atom. The molecule has 0 aliphatic rings. The molecule has 106 valence electrons. The first kappa shape index (κ1) is 16.2. The minimum atomic E-state index is 0.0734. The number of nitrogens with two attached hydrogens (primary N) is 1. The van der Waals surface area contributed by atoms with Crippen molar-refractivity contribution in [2.45, 2.75) is 4.90 Å². The summed E-state index contributed by atoms with van der Waals surface area (Å²) < 4.78 is 5.10.